The van der Waals surface area contributed by atoms with E-state index in [0.717, 1.165) is 5.56 Å². The van der Waals surface area contributed by atoms with Crippen LogP contribution in [0, 0.1) is 6.92 Å². The van der Waals surface area contributed by atoms with Gasteiger partial charge in [0.25, 0.3) is 5.91 Å². The molecule has 0 heterocycles. The first-order valence-corrected chi connectivity index (χ1v) is 4.43. The zero-order valence-corrected chi connectivity index (χ0v) is 8.41. The summed E-state index contributed by atoms with van der Waals surface area (Å²) >= 11 is 0. The van der Waals surface area contributed by atoms with Crippen LogP contribution in [0.3, 0.4) is 0 Å². The maximum Gasteiger partial charge on any atom is 0.253 e. The van der Waals surface area contributed by atoms with Gasteiger partial charge in [-0.25, -0.2) is 0 Å². The number of hydrogen-bond donors (Lipinski definition) is 3. The van der Waals surface area contributed by atoms with Crippen LogP contribution in [0.4, 0.5) is 5.69 Å². The van der Waals surface area contributed by atoms with Crippen molar-refractivity contribution in [3.63, 3.8) is 0 Å². The van der Waals surface area contributed by atoms with Gasteiger partial charge in [-0.2, -0.15) is 0 Å². The normalized spacial score (nSPS) is 9.67. The van der Waals surface area contributed by atoms with E-state index in [1.165, 1.54) is 0 Å². The number of amides is 2. The summed E-state index contributed by atoms with van der Waals surface area (Å²) < 4.78 is 0. The molecule has 5 N–H and O–H groups in total. The van der Waals surface area contributed by atoms with Crippen LogP contribution in [-0.4, -0.2) is 18.4 Å². The molecule has 0 saturated heterocycles. The molecular weight excluding hydrogens is 194 g/mol. The Hall–Kier alpha value is -2.04. The van der Waals surface area contributed by atoms with Gasteiger partial charge in [0.05, 0.1) is 12.1 Å². The van der Waals surface area contributed by atoms with Gasteiger partial charge < -0.3 is 16.8 Å². The first-order chi connectivity index (χ1) is 7.00. The molecule has 1 rings (SSSR count). The van der Waals surface area contributed by atoms with Crippen molar-refractivity contribution in [3.8, 4) is 0 Å². The van der Waals surface area contributed by atoms with Crippen molar-refractivity contribution < 1.29 is 9.59 Å². The number of nitrogen functional groups attached to an aromatic ring is 1. The fourth-order valence-corrected chi connectivity index (χ4v) is 1.15. The highest BCUT2D eigenvalue weighted by Crippen LogP contribution is 2.13. The van der Waals surface area contributed by atoms with E-state index in [-0.39, 0.29) is 6.54 Å². The number of nitrogens with one attached hydrogen (secondary N) is 1. The van der Waals surface area contributed by atoms with Gasteiger partial charge in [0.2, 0.25) is 5.91 Å². The lowest BCUT2D eigenvalue weighted by Crippen LogP contribution is -2.33. The Balaban J connectivity index is 2.78. The standard InChI is InChI=1S/C10H13N3O2/c1-6-2-3-7(8(11)4-6)10(15)13-5-9(12)14/h2-4H,5,11H2,1H3,(H2,12,14)(H,13,15). The average Bonchev–Trinajstić information content (AvgIpc) is 2.14. The van der Waals surface area contributed by atoms with Crippen LogP contribution >= 0.6 is 0 Å². The van der Waals surface area contributed by atoms with Crippen LogP contribution in [0.5, 0.6) is 0 Å². The number of nitrogens with two attached hydrogens (primary N) is 2. The van der Waals surface area contributed by atoms with Crippen molar-refractivity contribution in [1.29, 1.82) is 0 Å². The predicted octanol–water partition coefficient (Wildman–Crippen LogP) is -0.208. The Labute approximate surface area is 87.4 Å². The van der Waals surface area contributed by atoms with E-state index in [4.69, 9.17) is 11.5 Å². The van der Waals surface area contributed by atoms with Gasteiger partial charge in [0.15, 0.2) is 0 Å². The molecular formula is C10H13N3O2. The second-order valence-corrected chi connectivity index (χ2v) is 3.24. The monoisotopic (exact) mass is 207 g/mol. The molecule has 0 aliphatic rings. The first kappa shape index (κ1) is 11.0. The largest absolute Gasteiger partial charge is 0.398 e. The van der Waals surface area contributed by atoms with E-state index in [9.17, 15) is 9.59 Å². The highest BCUT2D eigenvalue weighted by Gasteiger charge is 2.09. The third-order valence-electron chi connectivity index (χ3n) is 1.87. The minimum Gasteiger partial charge on any atom is -0.398 e. The van der Waals surface area contributed by atoms with Gasteiger partial charge in [-0.05, 0) is 24.6 Å². The van der Waals surface area contributed by atoms with E-state index >= 15 is 0 Å². The molecule has 0 atom stereocenters. The van der Waals surface area contributed by atoms with E-state index in [1.807, 2.05) is 6.92 Å². The molecule has 5 heteroatoms. The molecule has 2 amide bonds. The molecule has 0 fully saturated rings. The number of primary amides is 1. The first-order valence-electron chi connectivity index (χ1n) is 4.43. The quantitative estimate of drug-likeness (QED) is 0.598. The molecule has 0 radical (unpaired) electrons. The van der Waals surface area contributed by atoms with Crippen LogP contribution in [0.1, 0.15) is 15.9 Å². The number of hydrogen-bond acceptors (Lipinski definition) is 3. The molecule has 0 aliphatic carbocycles. The van der Waals surface area contributed by atoms with Crippen LogP contribution in [0.2, 0.25) is 0 Å². The van der Waals surface area contributed by atoms with Crippen LogP contribution in [0.15, 0.2) is 18.2 Å². The zero-order valence-electron chi connectivity index (χ0n) is 8.41. The summed E-state index contributed by atoms with van der Waals surface area (Å²) in [6.45, 7) is 1.69. The van der Waals surface area contributed by atoms with E-state index < -0.39 is 11.8 Å². The third kappa shape index (κ3) is 2.98. The van der Waals surface area contributed by atoms with Crippen LogP contribution < -0.4 is 16.8 Å². The highest BCUT2D eigenvalue weighted by molar-refractivity contribution is 6.00. The lowest BCUT2D eigenvalue weighted by Gasteiger charge is -2.06. The van der Waals surface area contributed by atoms with E-state index in [2.05, 4.69) is 5.32 Å². The van der Waals surface area contributed by atoms with Crippen molar-refractivity contribution in [2.75, 3.05) is 12.3 Å². The molecule has 0 spiro atoms. The summed E-state index contributed by atoms with van der Waals surface area (Å²) in [6, 6.07) is 5.08. The van der Waals surface area contributed by atoms with Gasteiger partial charge in [0.1, 0.15) is 0 Å². The SMILES string of the molecule is Cc1ccc(C(=O)NCC(N)=O)c(N)c1. The molecule has 15 heavy (non-hydrogen) atoms. The maximum absolute atomic E-state index is 11.5. The number of benzene rings is 1. The smallest absolute Gasteiger partial charge is 0.253 e. The number of carbonyl (C=O) groups excluding carboxylic acids is 2. The fraction of sp³-hybridized carbons (Fsp3) is 0.200. The summed E-state index contributed by atoms with van der Waals surface area (Å²) in [6.07, 6.45) is 0. The molecule has 5 nitrogen and oxygen atoms in total. The van der Waals surface area contributed by atoms with Gasteiger partial charge in [-0.1, -0.05) is 6.07 Å². The van der Waals surface area contributed by atoms with Crippen molar-refractivity contribution >= 4 is 17.5 Å². The van der Waals surface area contributed by atoms with Crippen LogP contribution in [0.25, 0.3) is 0 Å². The molecule has 0 aliphatic heterocycles. The summed E-state index contributed by atoms with van der Waals surface area (Å²) in [4.78, 5) is 21.9. The number of anilines is 1. The Kier molecular flexibility index (Phi) is 3.28. The summed E-state index contributed by atoms with van der Waals surface area (Å²) in [5.41, 5.74) is 12.3. The van der Waals surface area contributed by atoms with E-state index in [0.29, 0.717) is 11.3 Å². The number of rotatable bonds is 3. The molecule has 0 saturated carbocycles. The lowest BCUT2D eigenvalue weighted by atomic mass is 10.1. The van der Waals surface area contributed by atoms with Crippen molar-refractivity contribution in [1.82, 2.24) is 5.32 Å². The Morgan fingerprint density at radius 1 is 1.40 bits per heavy atom. The van der Waals surface area contributed by atoms with E-state index in [1.54, 1.807) is 18.2 Å². The Morgan fingerprint density at radius 3 is 2.60 bits per heavy atom. The third-order valence-corrected chi connectivity index (χ3v) is 1.87. The molecule has 0 aromatic heterocycles. The second-order valence-electron chi connectivity index (χ2n) is 3.24. The Morgan fingerprint density at radius 2 is 2.07 bits per heavy atom. The topological polar surface area (TPSA) is 98.2 Å². The van der Waals surface area contributed by atoms with Gasteiger partial charge in [0, 0.05) is 5.69 Å². The Bertz CT molecular complexity index is 402. The lowest BCUT2D eigenvalue weighted by molar-refractivity contribution is -0.117. The minimum absolute atomic E-state index is 0.188. The van der Waals surface area contributed by atoms with Gasteiger partial charge in [-0.15, -0.1) is 0 Å². The summed E-state index contributed by atoms with van der Waals surface area (Å²) in [7, 11) is 0. The molecule has 80 valence electrons. The average molecular weight is 207 g/mol. The van der Waals surface area contributed by atoms with Crippen molar-refractivity contribution in [2.24, 2.45) is 5.73 Å². The minimum atomic E-state index is -0.589. The van der Waals surface area contributed by atoms with Crippen LogP contribution in [-0.2, 0) is 4.79 Å². The molecule has 1 aromatic carbocycles. The summed E-state index contributed by atoms with van der Waals surface area (Å²) in [5.74, 6) is -0.986. The highest BCUT2D eigenvalue weighted by atomic mass is 16.2. The van der Waals surface area contributed by atoms with Gasteiger partial charge in [-0.3, -0.25) is 9.59 Å². The maximum atomic E-state index is 11.5. The summed E-state index contributed by atoms with van der Waals surface area (Å²) in [5, 5.41) is 2.37. The number of carbonyl (C=O) groups is 2. The van der Waals surface area contributed by atoms with Crippen molar-refractivity contribution in [2.45, 2.75) is 6.92 Å². The number of aryl methyl sites for hydroxylation is 1. The predicted molar refractivity (Wildman–Crippen MR) is 57.1 cm³/mol. The molecule has 1 aromatic rings. The van der Waals surface area contributed by atoms with Crippen molar-refractivity contribution in [3.05, 3.63) is 29.3 Å². The zero-order chi connectivity index (χ0) is 11.4. The molecule has 0 unspecified atom stereocenters. The fourth-order valence-electron chi connectivity index (χ4n) is 1.15. The second kappa shape index (κ2) is 4.45. The van der Waals surface area contributed by atoms with Gasteiger partial charge >= 0.3 is 0 Å². The molecule has 0 bridgehead atoms.